The third-order valence-electron chi connectivity index (χ3n) is 5.35. The number of carbonyl (C=O) groups is 1. The summed E-state index contributed by atoms with van der Waals surface area (Å²) in [6.07, 6.45) is -4.82. The van der Waals surface area contributed by atoms with Crippen molar-refractivity contribution >= 4 is 34.6 Å². The zero-order chi connectivity index (χ0) is 27.1. The van der Waals surface area contributed by atoms with Crippen LogP contribution in [-0.2, 0) is 20.6 Å². The van der Waals surface area contributed by atoms with E-state index in [4.69, 9.17) is 32.0 Å². The number of amides is 1. The van der Waals surface area contributed by atoms with E-state index in [1.807, 2.05) is 0 Å². The number of rotatable bonds is 7. The fraction of sp³-hybridized carbons (Fsp3) is 0.375. The highest BCUT2D eigenvalue weighted by Crippen LogP contribution is 2.40. The van der Waals surface area contributed by atoms with Gasteiger partial charge in [-0.2, -0.15) is 23.3 Å². The van der Waals surface area contributed by atoms with Gasteiger partial charge in [0.1, 0.15) is 5.54 Å². The summed E-state index contributed by atoms with van der Waals surface area (Å²) in [5, 5.41) is 8.89. The third kappa shape index (κ3) is 5.13. The summed E-state index contributed by atoms with van der Waals surface area (Å²) in [7, 11) is 0. The van der Waals surface area contributed by atoms with Gasteiger partial charge in [0, 0.05) is 18.4 Å². The average molecular weight is 526 g/mol. The van der Waals surface area contributed by atoms with Crippen LogP contribution < -0.4 is 14.7 Å². The van der Waals surface area contributed by atoms with Crippen LogP contribution in [0.3, 0.4) is 0 Å². The van der Waals surface area contributed by atoms with Crippen molar-refractivity contribution in [3.8, 4) is 11.8 Å². The molecule has 0 N–H and O–H groups in total. The smallest absolute Gasteiger partial charge is 0.347 e. The summed E-state index contributed by atoms with van der Waals surface area (Å²) < 4.78 is 60.6. The fourth-order valence-electron chi connectivity index (χ4n) is 3.67. The van der Waals surface area contributed by atoms with Gasteiger partial charge in [0.15, 0.2) is 10.9 Å². The maximum Gasteiger partial charge on any atom is 0.417 e. The molecule has 0 aromatic heterocycles. The molecule has 1 heterocycles. The number of hydrogen-bond donors (Lipinski definition) is 0. The Morgan fingerprint density at radius 2 is 1.75 bits per heavy atom. The van der Waals surface area contributed by atoms with Gasteiger partial charge >= 0.3 is 6.18 Å². The molecule has 0 atom stereocenters. The Morgan fingerprint density at radius 1 is 1.11 bits per heavy atom. The number of carbonyl (C=O) groups excluding carboxylic acids is 1. The molecule has 0 aliphatic carbocycles. The van der Waals surface area contributed by atoms with Crippen molar-refractivity contribution in [1.29, 1.82) is 5.26 Å². The summed E-state index contributed by atoms with van der Waals surface area (Å²) in [6, 6.07) is 8.12. The SMILES string of the molecule is CCOC(C)(C)OOc1ccc(N2C(=S)N(c3ccc(C#N)c(C(F)(F)F)c3)C(=O)C2(C)C)cc1F. The summed E-state index contributed by atoms with van der Waals surface area (Å²) in [5.74, 6) is -2.85. The zero-order valence-electron chi connectivity index (χ0n) is 20.1. The number of benzene rings is 2. The Balaban J connectivity index is 1.96. The molecule has 1 saturated heterocycles. The fourth-order valence-corrected chi connectivity index (χ4v) is 4.19. The molecule has 1 aliphatic rings. The molecule has 0 radical (unpaired) electrons. The number of halogens is 4. The van der Waals surface area contributed by atoms with E-state index < -0.39 is 40.4 Å². The minimum Gasteiger partial charge on any atom is -0.347 e. The summed E-state index contributed by atoms with van der Waals surface area (Å²) in [6.45, 7) is 8.28. The number of anilines is 2. The first-order valence-electron chi connectivity index (χ1n) is 10.7. The molecule has 0 bridgehead atoms. The number of ether oxygens (including phenoxy) is 1. The molecular weight excluding hydrogens is 502 g/mol. The van der Waals surface area contributed by atoms with Gasteiger partial charge in [0.05, 0.1) is 22.9 Å². The normalized spacial score (nSPS) is 15.9. The van der Waals surface area contributed by atoms with Crippen molar-refractivity contribution in [1.82, 2.24) is 0 Å². The van der Waals surface area contributed by atoms with Gasteiger partial charge in [-0.3, -0.25) is 9.69 Å². The molecule has 192 valence electrons. The number of nitrogens with zero attached hydrogens (tertiary/aromatic N) is 3. The Morgan fingerprint density at radius 3 is 2.31 bits per heavy atom. The Bertz CT molecular complexity index is 1240. The molecule has 1 fully saturated rings. The second-order valence-corrected chi connectivity index (χ2v) is 9.14. The largest absolute Gasteiger partial charge is 0.417 e. The van der Waals surface area contributed by atoms with Crippen molar-refractivity contribution in [3.05, 3.63) is 53.3 Å². The molecule has 3 rings (SSSR count). The molecule has 7 nitrogen and oxygen atoms in total. The van der Waals surface area contributed by atoms with Gasteiger partial charge in [0.2, 0.25) is 11.5 Å². The third-order valence-corrected chi connectivity index (χ3v) is 5.72. The van der Waals surface area contributed by atoms with E-state index in [-0.39, 0.29) is 22.2 Å². The first kappa shape index (κ1) is 27.3. The lowest BCUT2D eigenvalue weighted by molar-refractivity contribution is -0.366. The van der Waals surface area contributed by atoms with Gasteiger partial charge in [-0.05, 0) is 77.2 Å². The monoisotopic (exact) mass is 525 g/mol. The first-order valence-corrected chi connectivity index (χ1v) is 11.1. The van der Waals surface area contributed by atoms with Crippen LogP contribution in [0.2, 0.25) is 0 Å². The van der Waals surface area contributed by atoms with E-state index in [0.29, 0.717) is 12.7 Å². The molecule has 2 aromatic rings. The summed E-state index contributed by atoms with van der Waals surface area (Å²) in [5.41, 5.74) is -3.16. The Labute approximate surface area is 210 Å². The van der Waals surface area contributed by atoms with Gasteiger partial charge < -0.3 is 14.5 Å². The summed E-state index contributed by atoms with van der Waals surface area (Å²) >= 11 is 5.44. The van der Waals surface area contributed by atoms with E-state index >= 15 is 0 Å². The lowest BCUT2D eigenvalue weighted by Crippen LogP contribution is -2.44. The van der Waals surface area contributed by atoms with Crippen LogP contribution >= 0.6 is 12.2 Å². The topological polar surface area (TPSA) is 75.0 Å². The van der Waals surface area contributed by atoms with Crippen molar-refractivity contribution in [2.24, 2.45) is 0 Å². The number of thiocarbonyl (C=S) groups is 1. The highest BCUT2D eigenvalue weighted by Gasteiger charge is 2.51. The van der Waals surface area contributed by atoms with E-state index in [1.54, 1.807) is 20.8 Å². The molecule has 1 aliphatic heterocycles. The Hall–Kier alpha value is -3.27. The van der Waals surface area contributed by atoms with E-state index in [1.165, 1.54) is 43.0 Å². The molecule has 1 amide bonds. The lowest BCUT2D eigenvalue weighted by Gasteiger charge is -2.29. The van der Waals surface area contributed by atoms with Crippen LogP contribution in [0, 0.1) is 17.1 Å². The highest BCUT2D eigenvalue weighted by atomic mass is 32.1. The molecule has 36 heavy (non-hydrogen) atoms. The number of hydrogen-bond acceptors (Lipinski definition) is 6. The minimum atomic E-state index is -4.82. The average Bonchev–Trinajstić information content (AvgIpc) is 2.95. The van der Waals surface area contributed by atoms with Crippen molar-refractivity contribution < 1.29 is 36.9 Å². The van der Waals surface area contributed by atoms with Gasteiger partial charge in [0.25, 0.3) is 5.91 Å². The van der Waals surface area contributed by atoms with Crippen molar-refractivity contribution in [2.45, 2.75) is 52.1 Å². The van der Waals surface area contributed by atoms with Gasteiger partial charge in [-0.1, -0.05) is 0 Å². The quantitative estimate of drug-likeness (QED) is 0.151. The van der Waals surface area contributed by atoms with Crippen LogP contribution in [0.1, 0.15) is 45.7 Å². The first-order chi connectivity index (χ1) is 16.6. The zero-order valence-corrected chi connectivity index (χ0v) is 20.9. The van der Waals surface area contributed by atoms with Crippen molar-refractivity contribution in [2.75, 3.05) is 16.4 Å². The van der Waals surface area contributed by atoms with E-state index in [0.717, 1.165) is 17.0 Å². The van der Waals surface area contributed by atoms with Crippen LogP contribution in [0.25, 0.3) is 0 Å². The Kier molecular flexibility index (Phi) is 7.32. The molecule has 0 spiro atoms. The van der Waals surface area contributed by atoms with Crippen molar-refractivity contribution in [3.63, 3.8) is 0 Å². The lowest BCUT2D eigenvalue weighted by atomic mass is 10.0. The second-order valence-electron chi connectivity index (χ2n) is 8.77. The van der Waals surface area contributed by atoms with Crippen LogP contribution in [0.4, 0.5) is 28.9 Å². The molecule has 12 heteroatoms. The molecular formula is C24H23F4N3O4S. The predicted molar refractivity (Wildman–Crippen MR) is 127 cm³/mol. The second kappa shape index (κ2) is 9.65. The summed E-state index contributed by atoms with van der Waals surface area (Å²) in [4.78, 5) is 25.7. The van der Waals surface area contributed by atoms with Crippen LogP contribution in [0.5, 0.6) is 5.75 Å². The van der Waals surface area contributed by atoms with E-state index in [2.05, 4.69) is 0 Å². The molecule has 0 saturated carbocycles. The number of nitriles is 1. The van der Waals surface area contributed by atoms with Crippen LogP contribution in [0.15, 0.2) is 36.4 Å². The van der Waals surface area contributed by atoms with Gasteiger partial charge in [-0.25, -0.2) is 4.39 Å². The maximum atomic E-state index is 14.9. The maximum absolute atomic E-state index is 14.9. The molecule has 0 unspecified atom stereocenters. The van der Waals surface area contributed by atoms with E-state index in [9.17, 15) is 22.4 Å². The van der Waals surface area contributed by atoms with Crippen LogP contribution in [-0.4, -0.2) is 29.0 Å². The minimum absolute atomic E-state index is 0.162. The standard InChI is InChI=1S/C24H23F4N3O4S/c1-6-33-23(4,5)35-34-19-10-9-16(12-18(19)25)31-21(36)30(20(32)22(31,2)3)15-8-7-14(13-29)17(11-15)24(26,27)28/h7-12H,6H2,1-5H3. The number of alkyl halides is 3. The predicted octanol–water partition coefficient (Wildman–Crippen LogP) is 5.72. The molecule has 2 aromatic carbocycles. The van der Waals surface area contributed by atoms with Gasteiger partial charge in [-0.15, -0.1) is 0 Å². The highest BCUT2D eigenvalue weighted by molar-refractivity contribution is 7.81.